The molecule has 0 unspecified atom stereocenters. The monoisotopic (exact) mass is 399 g/mol. The standard InChI is InChI=1S/C22H23Cl2N3/c1-25-21-8-9-22(20-7-3-2-6-19(20)21)27-11-5-4-10-26(27)15-16-12-17(23)14-18(24)13-16/h2-3,6-9,12-14,25H,4-5,10-11,15H2,1H3. The van der Waals surface area contributed by atoms with Gasteiger partial charge in [-0.25, -0.2) is 5.01 Å². The Balaban J connectivity index is 1.72. The zero-order valence-corrected chi connectivity index (χ0v) is 16.9. The summed E-state index contributed by atoms with van der Waals surface area (Å²) in [4.78, 5) is 0. The number of hydrogen-bond acceptors (Lipinski definition) is 3. The van der Waals surface area contributed by atoms with Gasteiger partial charge < -0.3 is 10.3 Å². The van der Waals surface area contributed by atoms with Crippen molar-refractivity contribution in [1.82, 2.24) is 5.01 Å². The van der Waals surface area contributed by atoms with Crippen LogP contribution in [0.4, 0.5) is 11.4 Å². The molecule has 3 aromatic rings. The molecule has 0 aliphatic carbocycles. The molecule has 1 aliphatic heterocycles. The lowest BCUT2D eigenvalue weighted by Gasteiger charge is -2.41. The molecule has 3 nitrogen and oxygen atoms in total. The number of fused-ring (bicyclic) bond motifs is 1. The zero-order chi connectivity index (χ0) is 18.8. The highest BCUT2D eigenvalue weighted by Crippen LogP contribution is 2.34. The maximum atomic E-state index is 6.21. The minimum Gasteiger partial charge on any atom is -0.388 e. The fourth-order valence-corrected chi connectivity index (χ4v) is 4.47. The Morgan fingerprint density at radius 3 is 2.33 bits per heavy atom. The smallest absolute Gasteiger partial charge is 0.0602 e. The van der Waals surface area contributed by atoms with Crippen LogP contribution < -0.4 is 10.3 Å². The molecule has 1 heterocycles. The maximum absolute atomic E-state index is 6.21. The Labute approximate surface area is 170 Å². The summed E-state index contributed by atoms with van der Waals surface area (Å²) < 4.78 is 0. The third-order valence-electron chi connectivity index (χ3n) is 5.11. The van der Waals surface area contributed by atoms with Gasteiger partial charge in [0.25, 0.3) is 0 Å². The molecule has 27 heavy (non-hydrogen) atoms. The van der Waals surface area contributed by atoms with Crippen molar-refractivity contribution in [3.05, 3.63) is 70.2 Å². The quantitative estimate of drug-likeness (QED) is 0.562. The summed E-state index contributed by atoms with van der Waals surface area (Å²) in [6.07, 6.45) is 2.38. The van der Waals surface area contributed by atoms with E-state index in [2.05, 4.69) is 51.7 Å². The van der Waals surface area contributed by atoms with Crippen molar-refractivity contribution < 1.29 is 0 Å². The average molecular weight is 400 g/mol. The van der Waals surface area contributed by atoms with E-state index in [0.717, 1.165) is 30.9 Å². The Kier molecular flexibility index (Phi) is 5.44. The lowest BCUT2D eigenvalue weighted by atomic mass is 10.1. The fourth-order valence-electron chi connectivity index (χ4n) is 3.89. The molecule has 0 amide bonds. The van der Waals surface area contributed by atoms with Gasteiger partial charge in [-0.3, -0.25) is 0 Å². The van der Waals surface area contributed by atoms with E-state index in [9.17, 15) is 0 Å². The molecule has 5 heteroatoms. The highest BCUT2D eigenvalue weighted by atomic mass is 35.5. The molecule has 140 valence electrons. The van der Waals surface area contributed by atoms with Gasteiger partial charge in [-0.05, 0) is 48.7 Å². The Morgan fingerprint density at radius 2 is 1.59 bits per heavy atom. The second kappa shape index (κ2) is 7.97. The van der Waals surface area contributed by atoms with Crippen LogP contribution in [0.1, 0.15) is 18.4 Å². The van der Waals surface area contributed by atoms with Crippen LogP contribution in [-0.4, -0.2) is 25.1 Å². The lowest BCUT2D eigenvalue weighted by Crippen LogP contribution is -2.47. The lowest BCUT2D eigenvalue weighted by molar-refractivity contribution is 0.205. The molecule has 0 aromatic heterocycles. The summed E-state index contributed by atoms with van der Waals surface area (Å²) in [7, 11) is 1.97. The topological polar surface area (TPSA) is 18.5 Å². The molecule has 0 saturated carbocycles. The first-order valence-corrected chi connectivity index (χ1v) is 10.1. The van der Waals surface area contributed by atoms with Gasteiger partial charge in [0.15, 0.2) is 0 Å². The van der Waals surface area contributed by atoms with E-state index in [1.54, 1.807) is 6.07 Å². The minimum absolute atomic E-state index is 0.685. The van der Waals surface area contributed by atoms with Crippen LogP contribution in [-0.2, 0) is 6.54 Å². The third kappa shape index (κ3) is 3.86. The normalized spacial score (nSPS) is 15.3. The van der Waals surface area contributed by atoms with Gasteiger partial charge in [0, 0.05) is 53.2 Å². The van der Waals surface area contributed by atoms with Crippen molar-refractivity contribution in [1.29, 1.82) is 0 Å². The van der Waals surface area contributed by atoms with Crippen LogP contribution in [0.2, 0.25) is 10.0 Å². The van der Waals surface area contributed by atoms with Gasteiger partial charge >= 0.3 is 0 Å². The average Bonchev–Trinajstić information content (AvgIpc) is 2.67. The molecule has 0 bridgehead atoms. The number of nitrogens with zero attached hydrogens (tertiary/aromatic N) is 2. The van der Waals surface area contributed by atoms with Crippen molar-refractivity contribution >= 4 is 45.3 Å². The van der Waals surface area contributed by atoms with Crippen LogP contribution in [0.3, 0.4) is 0 Å². The Hall–Kier alpha value is -1.94. The molecule has 1 saturated heterocycles. The van der Waals surface area contributed by atoms with Crippen LogP contribution in [0.5, 0.6) is 0 Å². The number of rotatable bonds is 4. The SMILES string of the molecule is CNc1ccc(N2CCCCN2Cc2cc(Cl)cc(Cl)c2)c2ccccc12. The van der Waals surface area contributed by atoms with Gasteiger partial charge in [-0.2, -0.15) is 0 Å². The van der Waals surface area contributed by atoms with E-state index in [1.165, 1.54) is 29.3 Å². The molecule has 0 radical (unpaired) electrons. The van der Waals surface area contributed by atoms with Crippen LogP contribution in [0, 0.1) is 0 Å². The van der Waals surface area contributed by atoms with Gasteiger partial charge in [0.05, 0.1) is 5.69 Å². The van der Waals surface area contributed by atoms with Crippen molar-refractivity contribution in [3.8, 4) is 0 Å². The number of hydrazine groups is 1. The van der Waals surface area contributed by atoms with Crippen LogP contribution in [0.25, 0.3) is 10.8 Å². The van der Waals surface area contributed by atoms with Crippen LogP contribution in [0.15, 0.2) is 54.6 Å². The highest BCUT2D eigenvalue weighted by molar-refractivity contribution is 6.34. The van der Waals surface area contributed by atoms with Crippen molar-refractivity contribution in [3.63, 3.8) is 0 Å². The number of benzene rings is 3. The fraction of sp³-hybridized carbons (Fsp3) is 0.273. The molecule has 0 spiro atoms. The summed E-state index contributed by atoms with van der Waals surface area (Å²) in [6.45, 7) is 2.83. The van der Waals surface area contributed by atoms with Crippen LogP contribution >= 0.6 is 23.2 Å². The maximum Gasteiger partial charge on any atom is 0.0602 e. The number of halogens is 2. The van der Waals surface area contributed by atoms with Crippen molar-refractivity contribution in [2.24, 2.45) is 0 Å². The summed E-state index contributed by atoms with van der Waals surface area (Å²) >= 11 is 12.4. The first-order chi connectivity index (χ1) is 13.2. The Morgan fingerprint density at radius 1 is 0.889 bits per heavy atom. The van der Waals surface area contributed by atoms with E-state index in [1.807, 2.05) is 19.2 Å². The third-order valence-corrected chi connectivity index (χ3v) is 5.55. The summed E-state index contributed by atoms with van der Waals surface area (Å²) in [5.74, 6) is 0. The van der Waals surface area contributed by atoms with Gasteiger partial charge in [0.2, 0.25) is 0 Å². The molecule has 1 fully saturated rings. The van der Waals surface area contributed by atoms with E-state index in [-0.39, 0.29) is 0 Å². The molecular formula is C22H23Cl2N3. The van der Waals surface area contributed by atoms with E-state index < -0.39 is 0 Å². The van der Waals surface area contributed by atoms with Gasteiger partial charge in [-0.15, -0.1) is 0 Å². The van der Waals surface area contributed by atoms with Gasteiger partial charge in [0.1, 0.15) is 0 Å². The highest BCUT2D eigenvalue weighted by Gasteiger charge is 2.22. The predicted octanol–water partition coefficient (Wildman–Crippen LogP) is 6.21. The zero-order valence-electron chi connectivity index (χ0n) is 15.4. The first-order valence-electron chi connectivity index (χ1n) is 9.32. The largest absolute Gasteiger partial charge is 0.388 e. The first kappa shape index (κ1) is 18.4. The van der Waals surface area contributed by atoms with E-state index in [4.69, 9.17) is 23.2 Å². The molecular weight excluding hydrogens is 377 g/mol. The second-order valence-corrected chi connectivity index (χ2v) is 7.80. The minimum atomic E-state index is 0.685. The molecule has 3 aromatic carbocycles. The summed E-state index contributed by atoms with van der Waals surface area (Å²) in [5.41, 5.74) is 3.53. The predicted molar refractivity (Wildman–Crippen MR) is 117 cm³/mol. The number of nitrogens with one attached hydrogen (secondary N) is 1. The molecule has 1 aliphatic rings. The summed E-state index contributed by atoms with van der Waals surface area (Å²) in [5, 5.41) is 12.0. The summed E-state index contributed by atoms with van der Waals surface area (Å²) in [6, 6.07) is 18.8. The second-order valence-electron chi connectivity index (χ2n) is 6.92. The van der Waals surface area contributed by atoms with Crippen molar-refractivity contribution in [2.75, 3.05) is 30.5 Å². The molecule has 1 N–H and O–H groups in total. The molecule has 0 atom stereocenters. The number of hydrogen-bond donors (Lipinski definition) is 1. The van der Waals surface area contributed by atoms with E-state index >= 15 is 0 Å². The molecule has 4 rings (SSSR count). The van der Waals surface area contributed by atoms with E-state index in [0.29, 0.717) is 10.0 Å². The van der Waals surface area contributed by atoms with Crippen molar-refractivity contribution in [2.45, 2.75) is 19.4 Å². The number of anilines is 2. The Bertz CT molecular complexity index is 937. The van der Waals surface area contributed by atoms with Gasteiger partial charge in [-0.1, -0.05) is 47.5 Å².